The first-order valence-corrected chi connectivity index (χ1v) is 13.2. The number of aryl methyl sites for hydroxylation is 1. The molecule has 2 aliphatic heterocycles. The number of anilines is 1. The molecule has 0 spiro atoms. The molecule has 9 nitrogen and oxygen atoms in total. The van der Waals surface area contributed by atoms with Crippen molar-refractivity contribution in [2.75, 3.05) is 18.4 Å². The van der Waals surface area contributed by atoms with Crippen LogP contribution < -0.4 is 20.3 Å². The van der Waals surface area contributed by atoms with Gasteiger partial charge in [0, 0.05) is 43.0 Å². The van der Waals surface area contributed by atoms with Gasteiger partial charge < -0.3 is 15.0 Å². The summed E-state index contributed by atoms with van der Waals surface area (Å²) in [6.45, 7) is 3.14. The highest BCUT2D eigenvalue weighted by molar-refractivity contribution is 7.21. The predicted octanol–water partition coefficient (Wildman–Crippen LogP) is 4.47. The fourth-order valence-corrected chi connectivity index (χ4v) is 6.15. The van der Waals surface area contributed by atoms with Crippen molar-refractivity contribution in [2.24, 2.45) is 0 Å². The second-order valence-corrected chi connectivity index (χ2v) is 10.4. The molecular weight excluding hydrogens is 500 g/mol. The molecule has 4 heterocycles. The van der Waals surface area contributed by atoms with Gasteiger partial charge in [0.05, 0.1) is 11.1 Å². The smallest absolute Gasteiger partial charge is 0.429 e. The number of ether oxygens (including phenoxy) is 1. The van der Waals surface area contributed by atoms with E-state index in [1.54, 1.807) is 11.1 Å². The van der Waals surface area contributed by atoms with Crippen LogP contribution in [0.5, 0.6) is 11.5 Å². The summed E-state index contributed by atoms with van der Waals surface area (Å²) in [6, 6.07) is 16.6. The van der Waals surface area contributed by atoms with Crippen LogP contribution in [0.15, 0.2) is 60.8 Å². The highest BCUT2D eigenvalue weighted by atomic mass is 32.1. The summed E-state index contributed by atoms with van der Waals surface area (Å²) in [5.41, 5.74) is 2.92. The highest BCUT2D eigenvalue weighted by Crippen LogP contribution is 2.40. The third-order valence-corrected chi connectivity index (χ3v) is 7.97. The number of nitrogens with zero attached hydrogens (tertiary/aromatic N) is 3. The van der Waals surface area contributed by atoms with E-state index < -0.39 is 0 Å². The Hall–Kier alpha value is -4.46. The number of hydrogen-bond donors (Lipinski definition) is 3. The first-order valence-electron chi connectivity index (χ1n) is 12.4. The first-order chi connectivity index (χ1) is 18.5. The number of nitrogens with one attached hydrogen (secondary N) is 3. The molecule has 0 radical (unpaired) electrons. The SMILES string of the molecule is Cc1cc(Oc2ccccc2)ccc1[NH+]1C(=O)Nc2c(C(=O)N[C@@H]3CCCN(C#N)C3)sc3nccc1c23. The molecule has 2 atom stereocenters. The van der Waals surface area contributed by atoms with E-state index in [0.717, 1.165) is 40.9 Å². The Morgan fingerprint density at radius 3 is 2.84 bits per heavy atom. The average molecular weight is 526 g/mol. The molecule has 0 saturated carbocycles. The van der Waals surface area contributed by atoms with Gasteiger partial charge in [-0.05, 0) is 44.0 Å². The zero-order valence-corrected chi connectivity index (χ0v) is 21.5. The van der Waals surface area contributed by atoms with Crippen LogP contribution in [0.1, 0.15) is 28.1 Å². The molecule has 10 heteroatoms. The Labute approximate surface area is 223 Å². The van der Waals surface area contributed by atoms with Gasteiger partial charge >= 0.3 is 6.03 Å². The van der Waals surface area contributed by atoms with Gasteiger partial charge in [0.25, 0.3) is 5.91 Å². The lowest BCUT2D eigenvalue weighted by molar-refractivity contribution is -0.660. The number of benzene rings is 2. The fourth-order valence-electron chi connectivity index (χ4n) is 5.12. The molecule has 38 heavy (non-hydrogen) atoms. The first kappa shape index (κ1) is 23.9. The number of carbonyl (C=O) groups is 2. The number of quaternary nitrogens is 1. The van der Waals surface area contributed by atoms with Crippen molar-refractivity contribution >= 4 is 50.6 Å². The molecule has 2 aromatic heterocycles. The number of aromatic nitrogens is 1. The molecule has 6 rings (SSSR count). The molecule has 3 N–H and O–H groups in total. The third-order valence-electron chi connectivity index (χ3n) is 6.88. The highest BCUT2D eigenvalue weighted by Gasteiger charge is 2.38. The summed E-state index contributed by atoms with van der Waals surface area (Å²) >= 11 is 1.26. The average Bonchev–Trinajstić information content (AvgIpc) is 3.30. The summed E-state index contributed by atoms with van der Waals surface area (Å²) in [5.74, 6) is 1.16. The van der Waals surface area contributed by atoms with Gasteiger partial charge in [0.1, 0.15) is 26.9 Å². The Morgan fingerprint density at radius 1 is 1.21 bits per heavy atom. The number of pyridine rings is 1. The molecule has 190 valence electrons. The molecule has 1 fully saturated rings. The molecule has 1 saturated heterocycles. The largest absolute Gasteiger partial charge is 0.457 e. The molecule has 0 bridgehead atoms. The summed E-state index contributed by atoms with van der Waals surface area (Å²) in [4.78, 5) is 34.6. The molecule has 2 aliphatic rings. The third kappa shape index (κ3) is 4.32. The van der Waals surface area contributed by atoms with Gasteiger partial charge in [0.15, 0.2) is 11.9 Å². The van der Waals surface area contributed by atoms with Crippen LogP contribution >= 0.6 is 11.3 Å². The van der Waals surface area contributed by atoms with E-state index in [1.807, 2.05) is 61.5 Å². The van der Waals surface area contributed by atoms with Crippen molar-refractivity contribution in [3.8, 4) is 17.7 Å². The van der Waals surface area contributed by atoms with Crippen LogP contribution in [-0.4, -0.2) is 41.0 Å². The minimum atomic E-state index is -0.273. The molecular formula is C28H25N6O3S+. The number of urea groups is 1. The fraction of sp³-hybridized carbons (Fsp3) is 0.214. The maximum Gasteiger partial charge on any atom is 0.429 e. The number of para-hydroxylation sites is 1. The summed E-state index contributed by atoms with van der Waals surface area (Å²) in [7, 11) is 0. The number of amides is 3. The number of likely N-dealkylation sites (tertiary alicyclic amines) is 1. The van der Waals surface area contributed by atoms with Gasteiger partial charge in [-0.15, -0.1) is 11.3 Å². The van der Waals surface area contributed by atoms with E-state index in [2.05, 4.69) is 21.8 Å². The Morgan fingerprint density at radius 2 is 2.05 bits per heavy atom. The monoisotopic (exact) mass is 525 g/mol. The van der Waals surface area contributed by atoms with Crippen LogP contribution in [0.4, 0.5) is 21.9 Å². The number of carbonyl (C=O) groups excluding carboxylic acids is 2. The van der Waals surface area contributed by atoms with E-state index >= 15 is 0 Å². The van der Waals surface area contributed by atoms with Gasteiger partial charge in [0.2, 0.25) is 0 Å². The van der Waals surface area contributed by atoms with Crippen molar-refractivity contribution in [1.29, 1.82) is 5.26 Å². The van der Waals surface area contributed by atoms with Crippen LogP contribution in [0.2, 0.25) is 0 Å². The summed E-state index contributed by atoms with van der Waals surface area (Å²) in [5, 5.41) is 16.0. The van der Waals surface area contributed by atoms with E-state index in [-0.39, 0.29) is 18.0 Å². The zero-order valence-electron chi connectivity index (χ0n) is 20.7. The van der Waals surface area contributed by atoms with Gasteiger partial charge in [-0.2, -0.15) is 10.2 Å². The Balaban J connectivity index is 1.32. The predicted molar refractivity (Wildman–Crippen MR) is 144 cm³/mol. The van der Waals surface area contributed by atoms with Crippen LogP contribution in [0.3, 0.4) is 0 Å². The number of thiophene rings is 1. The van der Waals surface area contributed by atoms with Crippen molar-refractivity contribution in [3.05, 3.63) is 71.2 Å². The standard InChI is InChI=1S/C28H24N6O3S/c1-17-14-20(37-19-7-3-2-4-8-19)9-10-21(17)34-22-11-12-30-27-23(22)24(32-28(34)36)25(38-27)26(35)31-18-6-5-13-33(15-18)16-29/h2-4,7-12,14,18H,5-6,13,15H2,1H3,(H,31,35)(H,32,36)/p+1/t18-/m1/s1. The molecule has 0 aliphatic carbocycles. The zero-order chi connectivity index (χ0) is 26.2. The quantitative estimate of drug-likeness (QED) is 0.332. The van der Waals surface area contributed by atoms with Crippen LogP contribution in [0, 0.1) is 18.4 Å². The Bertz CT molecular complexity index is 1600. The molecule has 1 unspecified atom stereocenters. The van der Waals surface area contributed by atoms with Crippen molar-refractivity contribution in [3.63, 3.8) is 0 Å². The van der Waals surface area contributed by atoms with Crippen molar-refractivity contribution < 1.29 is 19.2 Å². The van der Waals surface area contributed by atoms with Crippen molar-refractivity contribution in [1.82, 2.24) is 15.2 Å². The summed E-state index contributed by atoms with van der Waals surface area (Å²) < 4.78 is 5.96. The second-order valence-electron chi connectivity index (χ2n) is 9.42. The normalized spacial score (nSPS) is 18.5. The lowest BCUT2D eigenvalue weighted by atomic mass is 10.1. The van der Waals surface area contributed by atoms with Crippen molar-refractivity contribution in [2.45, 2.75) is 25.8 Å². The molecule has 3 amide bonds. The number of piperidine rings is 1. The van der Waals surface area contributed by atoms with Gasteiger partial charge in [-0.1, -0.05) is 18.2 Å². The number of rotatable bonds is 5. The molecule has 2 aromatic carbocycles. The topological polar surface area (TPSA) is 112 Å². The lowest BCUT2D eigenvalue weighted by Gasteiger charge is -2.29. The van der Waals surface area contributed by atoms with E-state index in [9.17, 15) is 14.9 Å². The summed E-state index contributed by atoms with van der Waals surface area (Å²) in [6.07, 6.45) is 5.48. The minimum Gasteiger partial charge on any atom is -0.457 e. The van der Waals surface area contributed by atoms with E-state index in [4.69, 9.17) is 4.74 Å². The van der Waals surface area contributed by atoms with Crippen LogP contribution in [0.25, 0.3) is 10.2 Å². The molecule has 4 aromatic rings. The van der Waals surface area contributed by atoms with E-state index in [0.29, 0.717) is 39.1 Å². The lowest BCUT2D eigenvalue weighted by Crippen LogP contribution is -3.07. The van der Waals surface area contributed by atoms with Crippen LogP contribution in [-0.2, 0) is 0 Å². The maximum absolute atomic E-state index is 13.5. The second kappa shape index (κ2) is 9.78. The van der Waals surface area contributed by atoms with Gasteiger partial charge in [-0.25, -0.2) is 9.78 Å². The minimum absolute atomic E-state index is 0.124. The van der Waals surface area contributed by atoms with E-state index in [1.165, 1.54) is 11.3 Å². The maximum atomic E-state index is 13.5. The number of hydrogen-bond acceptors (Lipinski definition) is 7. The van der Waals surface area contributed by atoms with Gasteiger partial charge in [-0.3, -0.25) is 10.1 Å². The Kier molecular flexibility index (Phi) is 6.15. The number of nitriles is 1.